The summed E-state index contributed by atoms with van der Waals surface area (Å²) in [6.45, 7) is 0.292. The van der Waals surface area contributed by atoms with Gasteiger partial charge in [0.15, 0.2) is 0 Å². The van der Waals surface area contributed by atoms with Crippen LogP contribution >= 0.6 is 0 Å². The van der Waals surface area contributed by atoms with Crippen LogP contribution in [0.5, 0.6) is 5.75 Å². The first-order valence-corrected chi connectivity index (χ1v) is 11.4. The average molecular weight is 472 g/mol. The van der Waals surface area contributed by atoms with Crippen molar-refractivity contribution >= 4 is 27.5 Å². The van der Waals surface area contributed by atoms with Gasteiger partial charge in [-0.25, -0.2) is 12.8 Å². The van der Waals surface area contributed by atoms with Gasteiger partial charge in [-0.3, -0.25) is 14.3 Å². The molecule has 3 rings (SSSR count). The maximum absolute atomic E-state index is 13.1. The second-order valence-electron chi connectivity index (χ2n) is 6.85. The number of benzene rings is 3. The van der Waals surface area contributed by atoms with Gasteiger partial charge < -0.3 is 15.4 Å². The molecule has 8 nitrogen and oxygen atoms in total. The largest absolute Gasteiger partial charge is 0.497 e. The molecule has 2 amide bonds. The lowest BCUT2D eigenvalue weighted by atomic mass is 10.1. The summed E-state index contributed by atoms with van der Waals surface area (Å²) >= 11 is 0. The van der Waals surface area contributed by atoms with Crippen LogP contribution in [0.1, 0.15) is 20.7 Å². The van der Waals surface area contributed by atoms with Crippen LogP contribution in [0.25, 0.3) is 0 Å². The second kappa shape index (κ2) is 10.6. The molecule has 0 aliphatic heterocycles. The van der Waals surface area contributed by atoms with E-state index in [-0.39, 0.29) is 35.1 Å². The van der Waals surface area contributed by atoms with Crippen molar-refractivity contribution in [1.82, 2.24) is 10.6 Å². The van der Waals surface area contributed by atoms with E-state index in [9.17, 15) is 22.4 Å². The van der Waals surface area contributed by atoms with E-state index in [4.69, 9.17) is 4.74 Å². The fourth-order valence-corrected chi connectivity index (χ4v) is 3.96. The molecule has 0 radical (unpaired) electrons. The first kappa shape index (κ1) is 23.7. The van der Waals surface area contributed by atoms with Gasteiger partial charge in [-0.2, -0.15) is 0 Å². The molecular weight excluding hydrogens is 449 g/mol. The summed E-state index contributed by atoms with van der Waals surface area (Å²) in [5.41, 5.74) is 0.619. The topological polar surface area (TPSA) is 114 Å². The molecule has 0 saturated heterocycles. The van der Waals surface area contributed by atoms with Gasteiger partial charge in [0, 0.05) is 18.7 Å². The van der Waals surface area contributed by atoms with E-state index in [1.54, 1.807) is 36.4 Å². The monoisotopic (exact) mass is 471 g/mol. The Kier molecular flexibility index (Phi) is 7.62. The zero-order valence-electron chi connectivity index (χ0n) is 17.7. The smallest absolute Gasteiger partial charge is 0.261 e. The maximum Gasteiger partial charge on any atom is 0.261 e. The number of methoxy groups -OCH3 is 1. The van der Waals surface area contributed by atoms with E-state index < -0.39 is 21.7 Å². The minimum Gasteiger partial charge on any atom is -0.497 e. The molecule has 0 aromatic heterocycles. The third kappa shape index (κ3) is 6.30. The number of amides is 2. The number of rotatable bonds is 9. The van der Waals surface area contributed by atoms with E-state index in [1.165, 1.54) is 19.2 Å². The molecule has 0 heterocycles. The molecule has 0 spiro atoms. The van der Waals surface area contributed by atoms with Crippen molar-refractivity contribution in [3.63, 3.8) is 0 Å². The van der Waals surface area contributed by atoms with Crippen molar-refractivity contribution in [2.24, 2.45) is 0 Å². The predicted octanol–water partition coefficient (Wildman–Crippen LogP) is 2.79. The van der Waals surface area contributed by atoms with E-state index in [0.717, 1.165) is 24.3 Å². The van der Waals surface area contributed by atoms with Gasteiger partial charge in [0.05, 0.1) is 23.3 Å². The molecule has 3 N–H and O–H groups in total. The lowest BCUT2D eigenvalue weighted by molar-refractivity contribution is 0.0928. The van der Waals surface area contributed by atoms with Gasteiger partial charge in [0.2, 0.25) is 0 Å². The van der Waals surface area contributed by atoms with Gasteiger partial charge in [-0.1, -0.05) is 12.1 Å². The Bertz CT molecular complexity index is 1230. The van der Waals surface area contributed by atoms with Crippen molar-refractivity contribution in [2.45, 2.75) is 4.90 Å². The number of anilines is 1. The molecule has 0 aliphatic rings. The fourth-order valence-electron chi connectivity index (χ4n) is 2.88. The van der Waals surface area contributed by atoms with Gasteiger partial charge in [-0.05, 0) is 60.7 Å². The molecule has 0 aliphatic carbocycles. The summed E-state index contributed by atoms with van der Waals surface area (Å²) in [6.07, 6.45) is 0. The standard InChI is InChI=1S/C23H22FN3O5S/c1-32-18-10-6-16(7-11-18)22(28)25-14-15-26-23(29)20-4-2-3-5-21(20)27-33(30,31)19-12-8-17(24)9-13-19/h2-13,27H,14-15H2,1H3,(H,25,28)(H,26,29). The van der Waals surface area contributed by atoms with Crippen LogP contribution in [0.4, 0.5) is 10.1 Å². The zero-order valence-corrected chi connectivity index (χ0v) is 18.5. The van der Waals surface area contributed by atoms with Crippen LogP contribution in [0.2, 0.25) is 0 Å². The van der Waals surface area contributed by atoms with Crippen LogP contribution in [-0.2, 0) is 10.0 Å². The van der Waals surface area contributed by atoms with Crippen molar-refractivity contribution in [3.05, 3.63) is 89.7 Å². The maximum atomic E-state index is 13.1. The predicted molar refractivity (Wildman–Crippen MR) is 121 cm³/mol. The van der Waals surface area contributed by atoms with Crippen LogP contribution in [0, 0.1) is 5.82 Å². The number of hydrogen-bond donors (Lipinski definition) is 3. The first-order chi connectivity index (χ1) is 15.8. The van der Waals surface area contributed by atoms with Gasteiger partial charge in [0.25, 0.3) is 21.8 Å². The van der Waals surface area contributed by atoms with E-state index in [2.05, 4.69) is 15.4 Å². The highest BCUT2D eigenvalue weighted by Crippen LogP contribution is 2.20. The summed E-state index contributed by atoms with van der Waals surface area (Å²) in [6, 6.07) is 17.0. The van der Waals surface area contributed by atoms with Crippen LogP contribution in [-0.4, -0.2) is 40.4 Å². The number of nitrogens with one attached hydrogen (secondary N) is 3. The Morgan fingerprint density at radius 2 is 1.45 bits per heavy atom. The van der Waals surface area contributed by atoms with Crippen LogP contribution in [0.15, 0.2) is 77.7 Å². The highest BCUT2D eigenvalue weighted by Gasteiger charge is 2.18. The van der Waals surface area contributed by atoms with Gasteiger partial charge in [0.1, 0.15) is 11.6 Å². The Balaban J connectivity index is 1.58. The summed E-state index contributed by atoms with van der Waals surface area (Å²) < 4.78 is 45.7. The third-order valence-corrected chi connectivity index (χ3v) is 5.97. The van der Waals surface area contributed by atoms with E-state index in [1.807, 2.05) is 0 Å². The minimum absolute atomic E-state index is 0.0709. The van der Waals surface area contributed by atoms with Gasteiger partial charge >= 0.3 is 0 Å². The van der Waals surface area contributed by atoms with Crippen molar-refractivity contribution < 1.29 is 27.1 Å². The van der Waals surface area contributed by atoms with Gasteiger partial charge in [-0.15, -0.1) is 0 Å². The summed E-state index contributed by atoms with van der Waals surface area (Å²) in [5, 5.41) is 5.32. The lowest BCUT2D eigenvalue weighted by Crippen LogP contribution is -2.35. The SMILES string of the molecule is COc1ccc(C(=O)NCCNC(=O)c2ccccc2NS(=O)(=O)c2ccc(F)cc2)cc1. The fraction of sp³-hybridized carbons (Fsp3) is 0.130. The molecule has 0 atom stereocenters. The second-order valence-corrected chi connectivity index (χ2v) is 8.53. The molecule has 3 aromatic carbocycles. The number of ether oxygens (including phenoxy) is 1. The third-order valence-electron chi connectivity index (χ3n) is 4.59. The molecule has 33 heavy (non-hydrogen) atoms. The average Bonchev–Trinajstić information content (AvgIpc) is 2.82. The highest BCUT2D eigenvalue weighted by atomic mass is 32.2. The summed E-state index contributed by atoms with van der Waals surface area (Å²) in [5.74, 6) is -0.759. The minimum atomic E-state index is -4.02. The number of para-hydroxylation sites is 1. The molecule has 172 valence electrons. The number of hydrogen-bond acceptors (Lipinski definition) is 5. The zero-order chi connectivity index (χ0) is 23.8. The summed E-state index contributed by atoms with van der Waals surface area (Å²) in [4.78, 5) is 24.6. The molecule has 0 bridgehead atoms. The first-order valence-electron chi connectivity index (χ1n) is 9.88. The number of halogens is 1. The van der Waals surface area contributed by atoms with Crippen LogP contribution < -0.4 is 20.1 Å². The Labute approximate surface area is 190 Å². The molecule has 10 heteroatoms. The molecular formula is C23H22FN3O5S. The van der Waals surface area contributed by atoms with Crippen LogP contribution in [0.3, 0.4) is 0 Å². The number of sulfonamides is 1. The van der Waals surface area contributed by atoms with E-state index in [0.29, 0.717) is 11.3 Å². The Morgan fingerprint density at radius 1 is 0.848 bits per heavy atom. The summed E-state index contributed by atoms with van der Waals surface area (Å²) in [7, 11) is -2.49. The quantitative estimate of drug-likeness (QED) is 0.416. The highest BCUT2D eigenvalue weighted by molar-refractivity contribution is 7.92. The lowest BCUT2D eigenvalue weighted by Gasteiger charge is -2.13. The van der Waals surface area contributed by atoms with Crippen molar-refractivity contribution in [2.75, 3.05) is 24.9 Å². The molecule has 0 fully saturated rings. The van der Waals surface area contributed by atoms with Crippen molar-refractivity contribution in [1.29, 1.82) is 0 Å². The Hall–Kier alpha value is -3.92. The Morgan fingerprint density at radius 3 is 2.09 bits per heavy atom. The van der Waals surface area contributed by atoms with Crippen molar-refractivity contribution in [3.8, 4) is 5.75 Å². The number of carbonyl (C=O) groups excluding carboxylic acids is 2. The molecule has 0 saturated carbocycles. The number of carbonyl (C=O) groups is 2. The normalized spacial score (nSPS) is 10.8. The molecule has 3 aromatic rings. The molecule has 0 unspecified atom stereocenters. The van der Waals surface area contributed by atoms with E-state index >= 15 is 0 Å².